The summed E-state index contributed by atoms with van der Waals surface area (Å²) < 4.78 is 0. The molecule has 2 atom stereocenters. The Morgan fingerprint density at radius 1 is 0.971 bits per heavy atom. The molecule has 0 unspecified atom stereocenters. The van der Waals surface area contributed by atoms with E-state index in [-0.39, 0.29) is 5.91 Å². The van der Waals surface area contributed by atoms with Crippen LogP contribution in [0.4, 0.5) is 0 Å². The first-order valence-corrected chi connectivity index (χ1v) is 13.1. The smallest absolute Gasteiger partial charge is 0.239 e. The minimum atomic E-state index is -0.537. The zero-order chi connectivity index (χ0) is 24.6. The molecule has 1 amide bonds. The number of benzene rings is 3. The third kappa shape index (κ3) is 7.05. The molecule has 4 N–H and O–H groups in total. The standard InChI is InChI=1S/C29H37ClN4O/c30-26-12-9-22(10-13-26)20-28(32)29(35)34-18-17-33(27(21-34)7-3-4-15-31)16-14-23-8-11-24-5-1-2-6-25(24)19-23/h1-2,5-6,8-13,19,27-28H,3-4,7,14-18,20-21,31-32H2/t27-,28-/m1/s1. The number of nitrogens with two attached hydrogens (primary N) is 2. The number of hydrogen-bond donors (Lipinski definition) is 2. The molecule has 0 spiro atoms. The fourth-order valence-electron chi connectivity index (χ4n) is 5.05. The number of unbranched alkanes of at least 4 members (excludes halogenated alkanes) is 1. The molecule has 35 heavy (non-hydrogen) atoms. The first-order chi connectivity index (χ1) is 17.0. The lowest BCUT2D eigenvalue weighted by Crippen LogP contribution is -2.58. The Morgan fingerprint density at radius 3 is 2.49 bits per heavy atom. The Morgan fingerprint density at radius 2 is 1.71 bits per heavy atom. The average molecular weight is 493 g/mol. The van der Waals surface area contributed by atoms with Gasteiger partial charge in [0.25, 0.3) is 0 Å². The molecule has 0 aliphatic carbocycles. The molecule has 0 radical (unpaired) electrons. The highest BCUT2D eigenvalue weighted by atomic mass is 35.5. The number of carbonyl (C=O) groups is 1. The lowest BCUT2D eigenvalue weighted by molar-refractivity contribution is -0.135. The Kier molecular flexibility index (Phi) is 9.16. The van der Waals surface area contributed by atoms with Crippen molar-refractivity contribution in [2.45, 2.75) is 44.2 Å². The van der Waals surface area contributed by atoms with Crippen molar-refractivity contribution in [2.75, 3.05) is 32.7 Å². The van der Waals surface area contributed by atoms with Gasteiger partial charge in [-0.1, -0.05) is 72.6 Å². The maximum Gasteiger partial charge on any atom is 0.239 e. The molecule has 3 aromatic carbocycles. The van der Waals surface area contributed by atoms with E-state index >= 15 is 0 Å². The van der Waals surface area contributed by atoms with E-state index < -0.39 is 6.04 Å². The first-order valence-electron chi connectivity index (χ1n) is 12.7. The predicted octanol–water partition coefficient (Wildman–Crippen LogP) is 4.25. The summed E-state index contributed by atoms with van der Waals surface area (Å²) in [6, 6.07) is 22.6. The van der Waals surface area contributed by atoms with E-state index in [4.69, 9.17) is 23.1 Å². The largest absolute Gasteiger partial charge is 0.338 e. The molecule has 1 fully saturated rings. The summed E-state index contributed by atoms with van der Waals surface area (Å²) in [5.41, 5.74) is 14.5. The van der Waals surface area contributed by atoms with Gasteiger partial charge in [-0.3, -0.25) is 9.69 Å². The van der Waals surface area contributed by atoms with E-state index in [1.165, 1.54) is 16.3 Å². The molecule has 0 aromatic heterocycles. The lowest BCUT2D eigenvalue weighted by atomic mass is 10.0. The van der Waals surface area contributed by atoms with Crippen LogP contribution in [0.3, 0.4) is 0 Å². The van der Waals surface area contributed by atoms with Crippen molar-refractivity contribution in [2.24, 2.45) is 11.5 Å². The van der Waals surface area contributed by atoms with E-state index in [9.17, 15) is 4.79 Å². The SMILES string of the molecule is NCCCC[C@@H]1CN(C(=O)[C@H](N)Cc2ccc(Cl)cc2)CCN1CCc1ccc2ccccc2c1. The van der Waals surface area contributed by atoms with Crippen molar-refractivity contribution < 1.29 is 4.79 Å². The molecule has 4 rings (SSSR count). The number of nitrogens with zero attached hydrogens (tertiary/aromatic N) is 2. The van der Waals surface area contributed by atoms with E-state index in [2.05, 4.69) is 47.4 Å². The van der Waals surface area contributed by atoms with Crippen LogP contribution in [0, 0.1) is 0 Å². The van der Waals surface area contributed by atoms with E-state index in [1.54, 1.807) is 0 Å². The number of hydrogen-bond acceptors (Lipinski definition) is 4. The van der Waals surface area contributed by atoms with E-state index in [0.717, 1.165) is 57.4 Å². The number of carbonyl (C=O) groups excluding carboxylic acids is 1. The Balaban J connectivity index is 1.36. The molecular weight excluding hydrogens is 456 g/mol. The minimum absolute atomic E-state index is 0.0398. The predicted molar refractivity (Wildman–Crippen MR) is 146 cm³/mol. The van der Waals surface area contributed by atoms with Crippen molar-refractivity contribution in [3.63, 3.8) is 0 Å². The number of rotatable bonds is 10. The molecule has 0 saturated carbocycles. The summed E-state index contributed by atoms with van der Waals surface area (Å²) >= 11 is 5.99. The Bertz CT molecular complexity index is 1100. The summed E-state index contributed by atoms with van der Waals surface area (Å²) in [6.45, 7) is 4.02. The van der Waals surface area contributed by atoms with Gasteiger partial charge < -0.3 is 16.4 Å². The number of piperazine rings is 1. The molecule has 1 saturated heterocycles. The fourth-order valence-corrected chi connectivity index (χ4v) is 5.17. The quantitative estimate of drug-likeness (QED) is 0.415. The van der Waals surface area contributed by atoms with E-state index in [1.807, 2.05) is 29.2 Å². The normalized spacial score (nSPS) is 17.6. The fraction of sp³-hybridized carbons (Fsp3) is 0.414. The van der Waals surface area contributed by atoms with Crippen LogP contribution in [0.5, 0.6) is 0 Å². The summed E-state index contributed by atoms with van der Waals surface area (Å²) in [5.74, 6) is 0.0398. The summed E-state index contributed by atoms with van der Waals surface area (Å²) in [6.07, 6.45) is 4.66. The van der Waals surface area contributed by atoms with Gasteiger partial charge in [0, 0.05) is 37.2 Å². The molecule has 6 heteroatoms. The summed E-state index contributed by atoms with van der Waals surface area (Å²) in [5, 5.41) is 3.25. The number of amides is 1. The topological polar surface area (TPSA) is 75.6 Å². The lowest BCUT2D eigenvalue weighted by Gasteiger charge is -2.42. The third-order valence-electron chi connectivity index (χ3n) is 7.10. The van der Waals surface area contributed by atoms with Gasteiger partial charge in [0.2, 0.25) is 5.91 Å². The molecule has 186 valence electrons. The van der Waals surface area contributed by atoms with Gasteiger partial charge in [-0.15, -0.1) is 0 Å². The van der Waals surface area contributed by atoms with Gasteiger partial charge in [-0.2, -0.15) is 0 Å². The zero-order valence-electron chi connectivity index (χ0n) is 20.4. The Labute approximate surface area is 214 Å². The van der Waals surface area contributed by atoms with Crippen molar-refractivity contribution >= 4 is 28.3 Å². The second-order valence-electron chi connectivity index (χ2n) is 9.63. The molecule has 1 aliphatic rings. The van der Waals surface area contributed by atoms with Crippen LogP contribution in [-0.2, 0) is 17.6 Å². The second kappa shape index (κ2) is 12.5. The van der Waals surface area contributed by atoms with Crippen LogP contribution >= 0.6 is 11.6 Å². The highest BCUT2D eigenvalue weighted by molar-refractivity contribution is 6.30. The van der Waals surface area contributed by atoms with Gasteiger partial charge in [0.05, 0.1) is 6.04 Å². The van der Waals surface area contributed by atoms with Gasteiger partial charge in [0.1, 0.15) is 0 Å². The zero-order valence-corrected chi connectivity index (χ0v) is 21.2. The van der Waals surface area contributed by atoms with Crippen molar-refractivity contribution in [1.29, 1.82) is 0 Å². The van der Waals surface area contributed by atoms with Crippen LogP contribution in [-0.4, -0.2) is 60.5 Å². The van der Waals surface area contributed by atoms with Crippen LogP contribution in [0.1, 0.15) is 30.4 Å². The molecule has 5 nitrogen and oxygen atoms in total. The van der Waals surface area contributed by atoms with Gasteiger partial charge in [-0.05, 0) is 66.3 Å². The Hall–Kier alpha value is -2.44. The van der Waals surface area contributed by atoms with Crippen molar-refractivity contribution in [3.8, 4) is 0 Å². The molecule has 1 heterocycles. The average Bonchev–Trinajstić information content (AvgIpc) is 2.88. The van der Waals surface area contributed by atoms with Crippen LogP contribution in [0.2, 0.25) is 5.02 Å². The van der Waals surface area contributed by atoms with Crippen LogP contribution in [0.25, 0.3) is 10.8 Å². The van der Waals surface area contributed by atoms with Crippen LogP contribution < -0.4 is 11.5 Å². The summed E-state index contributed by atoms with van der Waals surface area (Å²) in [4.78, 5) is 17.7. The molecule has 1 aliphatic heterocycles. The summed E-state index contributed by atoms with van der Waals surface area (Å²) in [7, 11) is 0. The maximum atomic E-state index is 13.2. The number of halogens is 1. The van der Waals surface area contributed by atoms with Crippen LogP contribution in [0.15, 0.2) is 66.7 Å². The van der Waals surface area contributed by atoms with Gasteiger partial charge in [0.15, 0.2) is 0 Å². The number of fused-ring (bicyclic) bond motifs is 1. The minimum Gasteiger partial charge on any atom is -0.338 e. The van der Waals surface area contributed by atoms with E-state index in [0.29, 0.717) is 24.0 Å². The third-order valence-corrected chi connectivity index (χ3v) is 7.35. The molecule has 3 aromatic rings. The highest BCUT2D eigenvalue weighted by Crippen LogP contribution is 2.20. The first kappa shape index (κ1) is 25.6. The second-order valence-corrected chi connectivity index (χ2v) is 10.1. The highest BCUT2D eigenvalue weighted by Gasteiger charge is 2.31. The molecule has 0 bridgehead atoms. The maximum absolute atomic E-state index is 13.2. The van der Waals surface area contributed by atoms with Gasteiger partial charge in [-0.25, -0.2) is 0 Å². The van der Waals surface area contributed by atoms with Crippen molar-refractivity contribution in [3.05, 3.63) is 82.9 Å². The van der Waals surface area contributed by atoms with Crippen molar-refractivity contribution in [1.82, 2.24) is 9.80 Å². The monoisotopic (exact) mass is 492 g/mol. The molecular formula is C29H37ClN4O. The van der Waals surface area contributed by atoms with Gasteiger partial charge >= 0.3 is 0 Å².